The van der Waals surface area contributed by atoms with Crippen LogP contribution in [0.3, 0.4) is 0 Å². The fraction of sp³-hybridized carbons (Fsp3) is 0.436. The number of rotatable bonds is 25. The Hall–Kier alpha value is -7.93. The average molecular weight is 1660 g/mol. The second kappa shape index (κ2) is 52.2. The smallest absolute Gasteiger partial charge is 0.325 e. The number of benzene rings is 6. The van der Waals surface area contributed by atoms with Crippen molar-refractivity contribution in [2.24, 2.45) is 16.6 Å². The molecule has 5 unspecified atom stereocenters. The first kappa shape index (κ1) is 101. The summed E-state index contributed by atoms with van der Waals surface area (Å²) in [5.74, 6) is -5.01. The van der Waals surface area contributed by atoms with Crippen molar-refractivity contribution in [3.05, 3.63) is 209 Å². The highest BCUT2D eigenvalue weighted by Gasteiger charge is 2.32. The van der Waals surface area contributed by atoms with Crippen LogP contribution in [-0.4, -0.2) is 140 Å². The van der Waals surface area contributed by atoms with Crippen LogP contribution in [0.15, 0.2) is 118 Å². The minimum absolute atomic E-state index is 0. The van der Waals surface area contributed by atoms with E-state index in [1.807, 2.05) is 19.9 Å². The maximum Gasteiger partial charge on any atom is 0.325 e. The molecule has 0 aliphatic rings. The Morgan fingerprint density at radius 2 is 0.776 bits per heavy atom. The van der Waals surface area contributed by atoms with E-state index in [-0.39, 0.29) is 91.7 Å². The molecule has 107 heavy (non-hydrogen) atoms. The summed E-state index contributed by atoms with van der Waals surface area (Å²) in [6, 6.07) is 27.8. The quantitative estimate of drug-likeness (QED) is 0.0233. The number of carboxylic acids is 1. The zero-order valence-corrected chi connectivity index (χ0v) is 68.0. The second-order valence-electron chi connectivity index (χ2n) is 25.1. The molecule has 5 atom stereocenters. The van der Waals surface area contributed by atoms with Gasteiger partial charge >= 0.3 is 23.9 Å². The summed E-state index contributed by atoms with van der Waals surface area (Å²) in [6.07, 6.45) is 0.853. The average Bonchev–Trinajstić information content (AvgIpc) is 0.820. The van der Waals surface area contributed by atoms with Gasteiger partial charge < -0.3 is 58.5 Å². The molecule has 0 aromatic heterocycles. The Balaban J connectivity index is 0. The van der Waals surface area contributed by atoms with E-state index < -0.39 is 70.9 Å². The van der Waals surface area contributed by atoms with Gasteiger partial charge in [0.1, 0.15) is 48.0 Å². The van der Waals surface area contributed by atoms with Crippen molar-refractivity contribution < 1.29 is 108 Å². The molecular formula is C78H102Br2ClF6N3O17. The van der Waals surface area contributed by atoms with Crippen LogP contribution < -0.4 is 5.73 Å². The van der Waals surface area contributed by atoms with Gasteiger partial charge in [0.2, 0.25) is 11.8 Å². The van der Waals surface area contributed by atoms with Crippen molar-refractivity contribution in [2.45, 2.75) is 139 Å². The summed E-state index contributed by atoms with van der Waals surface area (Å²) < 4.78 is 121. The number of nitrogens with zero attached hydrogens (tertiary/aromatic N) is 2. The van der Waals surface area contributed by atoms with Gasteiger partial charge in [-0.25, -0.2) is 26.3 Å². The molecule has 0 saturated heterocycles. The Morgan fingerprint density at radius 1 is 0.449 bits per heavy atom. The van der Waals surface area contributed by atoms with Crippen molar-refractivity contribution in [1.29, 1.82) is 0 Å². The van der Waals surface area contributed by atoms with Crippen LogP contribution in [0, 0.1) is 45.7 Å². The lowest BCUT2D eigenvalue weighted by Crippen LogP contribution is -2.42. The highest BCUT2D eigenvalue weighted by atomic mass is 79.9. The van der Waals surface area contributed by atoms with E-state index in [2.05, 4.69) is 46.1 Å². The second-order valence-corrected chi connectivity index (χ2v) is 26.8. The summed E-state index contributed by atoms with van der Waals surface area (Å²) in [5, 5.41) is 9.06. The fourth-order valence-corrected chi connectivity index (χ4v) is 10.7. The first-order valence-corrected chi connectivity index (χ1v) is 34.5. The molecule has 20 nitrogen and oxygen atoms in total. The van der Waals surface area contributed by atoms with E-state index in [9.17, 15) is 64.7 Å². The lowest BCUT2D eigenvalue weighted by atomic mass is 9.93. The molecule has 0 saturated carbocycles. The number of carbonyl (C=O) groups is 8. The van der Waals surface area contributed by atoms with Crippen molar-refractivity contribution in [3.8, 4) is 0 Å². The maximum atomic E-state index is 14.2. The number of aryl methyl sites for hydroxylation is 1. The van der Waals surface area contributed by atoms with Crippen LogP contribution in [0.4, 0.5) is 26.3 Å². The van der Waals surface area contributed by atoms with Gasteiger partial charge in [-0.15, -0.1) is 12.4 Å². The van der Waals surface area contributed by atoms with Crippen molar-refractivity contribution in [1.82, 2.24) is 9.80 Å². The number of aldehydes is 2. The number of aliphatic carboxylic acids is 1. The zero-order chi connectivity index (χ0) is 81.4. The third-order valence-corrected chi connectivity index (χ3v) is 16.8. The Labute approximate surface area is 647 Å². The SMILES string of the molecule is COC(=O)CCCc1cccc(F)c1C(C)OC.COC(=O)CN.COC(=O)CN(Cc1cccc(F)c1C(C)OC)C(=O)C(C)(C)C.COC(C)c1c(F)cccc1Br.COC(C)c1c(F)cccc1C=O.COC(C)c1c(F)cccc1CN(CC(=O)O)C(=O)C(C)(C)C.Cl.O=Cc1c(F)cccc1Br. The van der Waals surface area contributed by atoms with E-state index in [0.717, 1.165) is 10.0 Å². The minimum Gasteiger partial charge on any atom is -0.480 e. The summed E-state index contributed by atoms with van der Waals surface area (Å²) in [7, 11) is 11.5. The number of carboxylic acid groups (broad SMARTS) is 1. The van der Waals surface area contributed by atoms with Gasteiger partial charge in [-0.05, 0) is 129 Å². The number of methoxy groups -OCH3 is 8. The first-order valence-electron chi connectivity index (χ1n) is 33.0. The molecular weight excluding hydrogens is 1560 g/mol. The number of hydrogen-bond donors (Lipinski definition) is 2. The minimum atomic E-state index is -1.11. The van der Waals surface area contributed by atoms with Crippen LogP contribution in [0.25, 0.3) is 0 Å². The lowest BCUT2D eigenvalue weighted by Gasteiger charge is -2.30. The topological polar surface area (TPSA) is 263 Å². The molecule has 0 bridgehead atoms. The predicted molar refractivity (Wildman–Crippen MR) is 404 cm³/mol. The summed E-state index contributed by atoms with van der Waals surface area (Å²) in [4.78, 5) is 92.1. The maximum absolute atomic E-state index is 14.2. The van der Waals surface area contributed by atoms with Crippen molar-refractivity contribution in [3.63, 3.8) is 0 Å². The number of halogens is 9. The van der Waals surface area contributed by atoms with Crippen LogP contribution in [0.5, 0.6) is 0 Å². The van der Waals surface area contributed by atoms with E-state index in [0.29, 0.717) is 80.8 Å². The third kappa shape index (κ3) is 35.3. The highest BCUT2D eigenvalue weighted by molar-refractivity contribution is 9.10. The first-order chi connectivity index (χ1) is 49.7. The van der Waals surface area contributed by atoms with Gasteiger partial charge in [0, 0.05) is 108 Å². The van der Waals surface area contributed by atoms with Gasteiger partial charge in [-0.1, -0.05) is 118 Å². The van der Waals surface area contributed by atoms with E-state index >= 15 is 0 Å². The molecule has 0 aliphatic heterocycles. The molecule has 0 aliphatic carbocycles. The molecule has 6 rings (SSSR count). The van der Waals surface area contributed by atoms with E-state index in [1.54, 1.807) is 125 Å². The molecule has 6 aromatic rings. The number of nitrogens with two attached hydrogens (primary N) is 1. The molecule has 29 heteroatoms. The predicted octanol–water partition coefficient (Wildman–Crippen LogP) is 16.7. The molecule has 594 valence electrons. The standard InChI is InChI=1S/C18H26FNO4.C17H24FNO4.C14H19FO3.C10H11FO2.C9H10BrFO.C7H4BrFO.C3H7NO2.ClH/c1-12(23-5)16-13(8-7-9-14(16)19)10-20(11-15(21)24-6)17(22)18(2,3)4;1-11(23-5)15-12(7-6-8-13(15)18)9-19(10-14(20)21)16(22)17(2,3)4;1-10(17-2)14-11(6-4-8-12(14)15)7-5-9-13(16)18-3;1-7(13-2)10-8(6-12)4-3-5-9(10)11;1-6(12-2)9-7(10)4-3-5-8(9)11;8-6-2-1-3-7(9)5(6)4-10;1-6-3(5)2-4;/h7-9,12H,10-11H2,1-6H3;6-8,11H,9-10H2,1-5H3,(H,20,21);4,6,8,10H,5,7,9H2,1-3H3;3-7H,1-2H3;3-6H,1-2H3;1-4H;2,4H2,1H3;1H. The Kier molecular flexibility index (Phi) is 49.3. The van der Waals surface area contributed by atoms with Gasteiger partial charge in [0.15, 0.2) is 12.6 Å². The van der Waals surface area contributed by atoms with Gasteiger partial charge in [0.25, 0.3) is 0 Å². The van der Waals surface area contributed by atoms with Gasteiger partial charge in [-0.2, -0.15) is 0 Å². The fourth-order valence-electron chi connectivity index (χ4n) is 9.55. The Bertz CT molecular complexity index is 3720. The monoisotopic (exact) mass is 1660 g/mol. The number of esters is 3. The number of ether oxygens (including phenoxy) is 8. The summed E-state index contributed by atoms with van der Waals surface area (Å²) >= 11 is 6.30. The van der Waals surface area contributed by atoms with Gasteiger partial charge in [0.05, 0.1) is 64.0 Å². The number of carbonyl (C=O) groups excluding carboxylic acids is 7. The highest BCUT2D eigenvalue weighted by Crippen LogP contribution is 2.32. The normalized spacial score (nSPS) is 11.9. The number of hydrogen-bond acceptors (Lipinski definition) is 17. The van der Waals surface area contributed by atoms with E-state index in [4.69, 9.17) is 34.5 Å². The molecule has 6 aromatic carbocycles. The van der Waals surface area contributed by atoms with Crippen LogP contribution in [-0.2, 0) is 86.2 Å². The van der Waals surface area contributed by atoms with E-state index in [1.165, 1.54) is 107 Å². The van der Waals surface area contributed by atoms with Crippen LogP contribution in [0.1, 0.15) is 185 Å². The van der Waals surface area contributed by atoms with Crippen molar-refractivity contribution in [2.75, 3.05) is 76.5 Å². The van der Waals surface area contributed by atoms with Crippen molar-refractivity contribution >= 4 is 92.5 Å². The molecule has 0 heterocycles. The molecule has 2 amide bonds. The molecule has 3 N–H and O–H groups in total. The van der Waals surface area contributed by atoms with Gasteiger partial charge in [-0.3, -0.25) is 38.4 Å². The Morgan fingerprint density at radius 3 is 1.10 bits per heavy atom. The molecule has 0 spiro atoms. The zero-order valence-electron chi connectivity index (χ0n) is 64.0. The van der Waals surface area contributed by atoms with Crippen LogP contribution >= 0.6 is 44.3 Å². The largest absolute Gasteiger partial charge is 0.480 e. The molecule has 0 radical (unpaired) electrons. The lowest BCUT2D eigenvalue weighted by molar-refractivity contribution is -0.150. The molecule has 0 fully saturated rings. The van der Waals surface area contributed by atoms with Crippen LogP contribution in [0.2, 0.25) is 0 Å². The third-order valence-electron chi connectivity index (χ3n) is 15.5. The summed E-state index contributed by atoms with van der Waals surface area (Å²) in [5.41, 5.74) is 8.04. The summed E-state index contributed by atoms with van der Waals surface area (Å²) in [6.45, 7) is 18.7. The number of amides is 2.